The number of oxazole rings is 1. The van der Waals surface area contributed by atoms with E-state index in [1.54, 1.807) is 12.3 Å². The molecule has 0 bridgehead atoms. The van der Waals surface area contributed by atoms with Gasteiger partial charge < -0.3 is 14.5 Å². The molecule has 0 saturated carbocycles. The van der Waals surface area contributed by atoms with Gasteiger partial charge in [-0.15, -0.1) is 0 Å². The van der Waals surface area contributed by atoms with Crippen LogP contribution in [0, 0.1) is 6.92 Å². The molecule has 1 amide bonds. The predicted molar refractivity (Wildman–Crippen MR) is 116 cm³/mol. The van der Waals surface area contributed by atoms with Crippen LogP contribution in [0.3, 0.4) is 0 Å². The molecule has 1 N–H and O–H groups in total. The Morgan fingerprint density at radius 3 is 2.63 bits per heavy atom. The van der Waals surface area contributed by atoms with E-state index < -0.39 is 0 Å². The van der Waals surface area contributed by atoms with Crippen molar-refractivity contribution in [1.82, 2.24) is 10.3 Å². The first-order valence-electron chi connectivity index (χ1n) is 9.79. The highest BCUT2D eigenvalue weighted by Gasteiger charge is 2.16. The lowest BCUT2D eigenvalue weighted by molar-refractivity contribution is 0.0947. The number of carbonyl (C=O) groups is 1. The Balaban J connectivity index is 1.43. The zero-order chi connectivity index (χ0) is 20.8. The van der Waals surface area contributed by atoms with Crippen LogP contribution in [0.4, 0.5) is 0 Å². The lowest BCUT2D eigenvalue weighted by Crippen LogP contribution is -2.28. The number of nitrogens with zero attached hydrogens (tertiary/aromatic N) is 1. The Labute approximate surface area is 175 Å². The summed E-state index contributed by atoms with van der Waals surface area (Å²) in [5, 5.41) is 2.90. The summed E-state index contributed by atoms with van der Waals surface area (Å²) in [5.41, 5.74) is 3.23. The summed E-state index contributed by atoms with van der Waals surface area (Å²) in [4.78, 5) is 17.1. The fraction of sp³-hybridized carbons (Fsp3) is 0.120. The molecular weight excluding hydrogens is 376 g/mol. The van der Waals surface area contributed by atoms with Gasteiger partial charge in [0.1, 0.15) is 12.4 Å². The van der Waals surface area contributed by atoms with Gasteiger partial charge in [-0.05, 0) is 36.8 Å². The van der Waals surface area contributed by atoms with Crippen molar-refractivity contribution < 1.29 is 13.9 Å². The summed E-state index contributed by atoms with van der Waals surface area (Å²) < 4.78 is 11.6. The van der Waals surface area contributed by atoms with Gasteiger partial charge in [0.15, 0.2) is 5.76 Å². The van der Waals surface area contributed by atoms with Gasteiger partial charge in [-0.25, -0.2) is 4.98 Å². The third-order valence-corrected chi connectivity index (χ3v) is 4.61. The van der Waals surface area contributed by atoms with Gasteiger partial charge in [0.25, 0.3) is 5.91 Å². The minimum Gasteiger partial charge on any atom is -0.492 e. The van der Waals surface area contributed by atoms with Gasteiger partial charge in [-0.3, -0.25) is 4.79 Å². The molecule has 150 valence electrons. The molecule has 4 rings (SSSR count). The Bertz CT molecular complexity index is 1140. The number of rotatable bonds is 7. The van der Waals surface area contributed by atoms with Crippen molar-refractivity contribution in [2.24, 2.45) is 0 Å². The van der Waals surface area contributed by atoms with Gasteiger partial charge in [-0.2, -0.15) is 0 Å². The molecule has 0 radical (unpaired) electrons. The Hall–Kier alpha value is -3.86. The summed E-state index contributed by atoms with van der Waals surface area (Å²) in [6.07, 6.45) is 1.68. The van der Waals surface area contributed by atoms with Crippen molar-refractivity contribution in [3.05, 3.63) is 96.2 Å². The molecule has 1 aromatic heterocycles. The average molecular weight is 398 g/mol. The number of ether oxygens (including phenoxy) is 1. The van der Waals surface area contributed by atoms with Crippen molar-refractivity contribution in [3.63, 3.8) is 0 Å². The second-order valence-corrected chi connectivity index (χ2v) is 6.86. The minimum atomic E-state index is -0.196. The van der Waals surface area contributed by atoms with E-state index in [0.717, 1.165) is 16.9 Å². The molecule has 0 spiro atoms. The first kappa shape index (κ1) is 19.5. The van der Waals surface area contributed by atoms with E-state index in [1.165, 1.54) is 0 Å². The third kappa shape index (κ3) is 4.58. The lowest BCUT2D eigenvalue weighted by atomic mass is 10.1. The Morgan fingerprint density at radius 2 is 1.80 bits per heavy atom. The highest BCUT2D eigenvalue weighted by Crippen LogP contribution is 2.28. The van der Waals surface area contributed by atoms with Gasteiger partial charge in [-0.1, -0.05) is 54.6 Å². The number of aromatic nitrogens is 1. The maximum Gasteiger partial charge on any atom is 0.252 e. The van der Waals surface area contributed by atoms with E-state index in [9.17, 15) is 4.79 Å². The SMILES string of the molecule is Cc1cccc(OCCNC(=O)c2ccccc2-c2ncc(-c3ccccc3)o2)c1. The molecule has 0 fully saturated rings. The van der Waals surface area contributed by atoms with Crippen LogP contribution in [0.2, 0.25) is 0 Å². The molecule has 0 saturated heterocycles. The molecule has 1 heterocycles. The van der Waals surface area contributed by atoms with Gasteiger partial charge in [0, 0.05) is 11.1 Å². The molecule has 5 nitrogen and oxygen atoms in total. The number of aryl methyl sites for hydroxylation is 1. The topological polar surface area (TPSA) is 64.4 Å². The summed E-state index contributed by atoms with van der Waals surface area (Å²) in [6, 6.07) is 24.8. The number of nitrogens with one attached hydrogen (secondary N) is 1. The minimum absolute atomic E-state index is 0.196. The fourth-order valence-electron chi connectivity index (χ4n) is 3.14. The highest BCUT2D eigenvalue weighted by molar-refractivity contribution is 6.00. The molecule has 0 unspecified atom stereocenters. The Morgan fingerprint density at radius 1 is 1.00 bits per heavy atom. The van der Waals surface area contributed by atoms with E-state index in [0.29, 0.717) is 35.9 Å². The van der Waals surface area contributed by atoms with Gasteiger partial charge >= 0.3 is 0 Å². The van der Waals surface area contributed by atoms with Crippen LogP contribution in [0.5, 0.6) is 5.75 Å². The number of hydrogen-bond acceptors (Lipinski definition) is 4. The molecule has 5 heteroatoms. The van der Waals surface area contributed by atoms with E-state index in [4.69, 9.17) is 9.15 Å². The number of benzene rings is 3. The predicted octanol–water partition coefficient (Wildman–Crippen LogP) is 5.13. The van der Waals surface area contributed by atoms with Crippen molar-refractivity contribution in [3.8, 4) is 28.5 Å². The van der Waals surface area contributed by atoms with Crippen LogP contribution in [-0.4, -0.2) is 24.0 Å². The summed E-state index contributed by atoms with van der Waals surface area (Å²) in [7, 11) is 0. The first-order chi connectivity index (χ1) is 14.7. The van der Waals surface area contributed by atoms with Crippen molar-refractivity contribution in [2.75, 3.05) is 13.2 Å². The number of carbonyl (C=O) groups excluding carboxylic acids is 1. The highest BCUT2D eigenvalue weighted by atomic mass is 16.5. The maximum atomic E-state index is 12.7. The van der Waals surface area contributed by atoms with Crippen LogP contribution in [-0.2, 0) is 0 Å². The zero-order valence-electron chi connectivity index (χ0n) is 16.7. The summed E-state index contributed by atoms with van der Waals surface area (Å²) in [6.45, 7) is 2.79. The number of hydrogen-bond donors (Lipinski definition) is 1. The number of amides is 1. The van der Waals surface area contributed by atoms with Crippen LogP contribution in [0.25, 0.3) is 22.8 Å². The molecule has 30 heavy (non-hydrogen) atoms. The Kier molecular flexibility index (Phi) is 5.90. The van der Waals surface area contributed by atoms with Gasteiger partial charge in [0.2, 0.25) is 5.89 Å². The van der Waals surface area contributed by atoms with E-state index in [2.05, 4.69) is 10.3 Å². The molecule has 0 aliphatic rings. The van der Waals surface area contributed by atoms with E-state index in [1.807, 2.05) is 79.7 Å². The van der Waals surface area contributed by atoms with Crippen LogP contribution in [0.1, 0.15) is 15.9 Å². The van der Waals surface area contributed by atoms with Crippen molar-refractivity contribution in [2.45, 2.75) is 6.92 Å². The van der Waals surface area contributed by atoms with Crippen LogP contribution < -0.4 is 10.1 Å². The molecular formula is C25H22N2O3. The summed E-state index contributed by atoms with van der Waals surface area (Å²) in [5.74, 6) is 1.67. The standard InChI is InChI=1S/C25H22N2O3/c1-18-8-7-11-20(16-18)29-15-14-26-24(28)21-12-5-6-13-22(21)25-27-17-23(30-25)19-9-3-2-4-10-19/h2-13,16-17H,14-15H2,1H3,(H,26,28). The largest absolute Gasteiger partial charge is 0.492 e. The maximum absolute atomic E-state index is 12.7. The molecule has 0 atom stereocenters. The molecule has 4 aromatic rings. The molecule has 3 aromatic carbocycles. The fourth-order valence-corrected chi connectivity index (χ4v) is 3.14. The van der Waals surface area contributed by atoms with Crippen LogP contribution >= 0.6 is 0 Å². The quantitative estimate of drug-likeness (QED) is 0.439. The smallest absolute Gasteiger partial charge is 0.252 e. The van der Waals surface area contributed by atoms with Crippen molar-refractivity contribution >= 4 is 5.91 Å². The third-order valence-electron chi connectivity index (χ3n) is 4.61. The van der Waals surface area contributed by atoms with Gasteiger partial charge in [0.05, 0.1) is 18.3 Å². The molecule has 0 aliphatic carbocycles. The summed E-state index contributed by atoms with van der Waals surface area (Å²) >= 11 is 0. The van der Waals surface area contributed by atoms with Crippen LogP contribution in [0.15, 0.2) is 89.5 Å². The lowest BCUT2D eigenvalue weighted by Gasteiger charge is -2.10. The normalized spacial score (nSPS) is 10.6. The van der Waals surface area contributed by atoms with E-state index in [-0.39, 0.29) is 5.91 Å². The second kappa shape index (κ2) is 9.09. The zero-order valence-corrected chi connectivity index (χ0v) is 16.7. The monoisotopic (exact) mass is 398 g/mol. The van der Waals surface area contributed by atoms with Crippen molar-refractivity contribution in [1.29, 1.82) is 0 Å². The second-order valence-electron chi connectivity index (χ2n) is 6.86. The van der Waals surface area contributed by atoms with E-state index >= 15 is 0 Å². The molecule has 0 aliphatic heterocycles. The first-order valence-corrected chi connectivity index (χ1v) is 9.79. The average Bonchev–Trinajstić information content (AvgIpc) is 3.27.